The van der Waals surface area contributed by atoms with E-state index in [1.165, 1.54) is 19.3 Å². The Bertz CT molecular complexity index is 266. The zero-order valence-electron chi connectivity index (χ0n) is 12.7. The molecule has 0 N–H and O–H groups in total. The Morgan fingerprint density at radius 3 is 2.58 bits per heavy atom. The highest BCUT2D eigenvalue weighted by atomic mass is 16.5. The van der Waals surface area contributed by atoms with Gasteiger partial charge in [-0.2, -0.15) is 0 Å². The molecular weight excluding hydrogens is 236 g/mol. The van der Waals surface area contributed by atoms with Gasteiger partial charge in [-0.05, 0) is 32.1 Å². The molecule has 1 heterocycles. The van der Waals surface area contributed by atoms with E-state index in [1.807, 2.05) is 0 Å². The first-order chi connectivity index (χ1) is 9.29. The lowest BCUT2D eigenvalue weighted by molar-refractivity contribution is -0.125. The molecule has 1 aliphatic heterocycles. The van der Waals surface area contributed by atoms with E-state index in [2.05, 4.69) is 26.0 Å². The number of ether oxygens (including phenoxy) is 1. The molecule has 0 unspecified atom stereocenters. The van der Waals surface area contributed by atoms with Gasteiger partial charge in [0.1, 0.15) is 6.29 Å². The third-order valence-corrected chi connectivity index (χ3v) is 4.11. The molecule has 0 aromatic heterocycles. The number of carbonyl (C=O) groups is 1. The van der Waals surface area contributed by atoms with Crippen molar-refractivity contribution >= 4 is 6.29 Å². The van der Waals surface area contributed by atoms with Crippen molar-refractivity contribution in [3.8, 4) is 0 Å². The second-order valence-electron chi connectivity index (χ2n) is 5.73. The average Bonchev–Trinajstić information content (AvgIpc) is 2.48. The van der Waals surface area contributed by atoms with Crippen LogP contribution in [0.3, 0.4) is 0 Å². The first-order valence-electron chi connectivity index (χ1n) is 8.04. The van der Waals surface area contributed by atoms with Crippen molar-refractivity contribution in [2.75, 3.05) is 6.61 Å². The first kappa shape index (κ1) is 16.4. The van der Waals surface area contributed by atoms with Crippen LogP contribution in [-0.2, 0) is 9.53 Å². The minimum absolute atomic E-state index is 0.100. The zero-order chi connectivity index (χ0) is 14.0. The largest absolute Gasteiger partial charge is 0.377 e. The Morgan fingerprint density at radius 2 is 2.00 bits per heavy atom. The molecule has 1 saturated heterocycles. The highest BCUT2D eigenvalue weighted by molar-refractivity contribution is 5.64. The van der Waals surface area contributed by atoms with Crippen LogP contribution in [0, 0.1) is 5.41 Å². The topological polar surface area (TPSA) is 26.3 Å². The Morgan fingerprint density at radius 1 is 1.21 bits per heavy atom. The smallest absolute Gasteiger partial charge is 0.132 e. The van der Waals surface area contributed by atoms with E-state index in [0.29, 0.717) is 0 Å². The number of rotatable bonds is 9. The Balaban J connectivity index is 2.73. The predicted molar refractivity (Wildman–Crippen MR) is 80.3 cm³/mol. The van der Waals surface area contributed by atoms with E-state index in [9.17, 15) is 4.79 Å². The van der Waals surface area contributed by atoms with Gasteiger partial charge in [0.2, 0.25) is 0 Å². The second-order valence-corrected chi connectivity index (χ2v) is 5.73. The molecular formula is C17H30O2. The molecule has 1 aliphatic rings. The lowest BCUT2D eigenvalue weighted by Gasteiger charge is -2.36. The molecule has 2 heteroatoms. The van der Waals surface area contributed by atoms with E-state index in [1.54, 1.807) is 0 Å². The molecule has 2 atom stereocenters. The minimum Gasteiger partial charge on any atom is -0.377 e. The molecule has 2 nitrogen and oxygen atoms in total. The molecule has 1 rings (SSSR count). The van der Waals surface area contributed by atoms with E-state index >= 15 is 0 Å². The number of hydrogen-bond acceptors (Lipinski definition) is 2. The van der Waals surface area contributed by atoms with Gasteiger partial charge in [-0.3, -0.25) is 0 Å². The van der Waals surface area contributed by atoms with Gasteiger partial charge in [0.15, 0.2) is 0 Å². The number of aldehydes is 1. The van der Waals surface area contributed by atoms with Crippen LogP contribution in [0.1, 0.15) is 71.6 Å². The molecule has 110 valence electrons. The van der Waals surface area contributed by atoms with Crippen molar-refractivity contribution in [3.63, 3.8) is 0 Å². The number of unbranched alkanes of at least 4 members (excludes halogenated alkanes) is 3. The molecule has 0 aliphatic carbocycles. The Hall–Kier alpha value is -0.630. The predicted octanol–water partition coefficient (Wildman–Crippen LogP) is 4.68. The molecule has 0 spiro atoms. The second kappa shape index (κ2) is 9.30. The van der Waals surface area contributed by atoms with Crippen LogP contribution >= 0.6 is 0 Å². The molecule has 0 amide bonds. The van der Waals surface area contributed by atoms with Gasteiger partial charge >= 0.3 is 0 Å². The molecule has 1 fully saturated rings. The summed E-state index contributed by atoms with van der Waals surface area (Å²) in [4.78, 5) is 11.8. The fraction of sp³-hybridized carbons (Fsp3) is 0.824. The van der Waals surface area contributed by atoms with Crippen LogP contribution in [-0.4, -0.2) is 19.0 Å². The maximum atomic E-state index is 11.8. The fourth-order valence-corrected chi connectivity index (χ4v) is 2.80. The van der Waals surface area contributed by atoms with Gasteiger partial charge < -0.3 is 9.53 Å². The monoisotopic (exact) mass is 266 g/mol. The van der Waals surface area contributed by atoms with Gasteiger partial charge in [0.25, 0.3) is 0 Å². The Kier molecular flexibility index (Phi) is 8.04. The summed E-state index contributed by atoms with van der Waals surface area (Å²) >= 11 is 0. The van der Waals surface area contributed by atoms with Crippen molar-refractivity contribution < 1.29 is 9.53 Å². The van der Waals surface area contributed by atoms with Crippen molar-refractivity contribution in [1.29, 1.82) is 0 Å². The van der Waals surface area contributed by atoms with Crippen LogP contribution in [0.25, 0.3) is 0 Å². The van der Waals surface area contributed by atoms with Crippen LogP contribution in [0.4, 0.5) is 0 Å². The third-order valence-electron chi connectivity index (χ3n) is 4.11. The lowest BCUT2D eigenvalue weighted by atomic mass is 9.75. The highest BCUT2D eigenvalue weighted by Gasteiger charge is 2.37. The summed E-state index contributed by atoms with van der Waals surface area (Å²) in [6.45, 7) is 5.19. The summed E-state index contributed by atoms with van der Waals surface area (Å²) in [7, 11) is 0. The van der Waals surface area contributed by atoms with Gasteiger partial charge in [0.05, 0.1) is 11.5 Å². The molecule has 19 heavy (non-hydrogen) atoms. The number of allylic oxidation sites excluding steroid dienone is 1. The van der Waals surface area contributed by atoms with Crippen LogP contribution < -0.4 is 0 Å². The summed E-state index contributed by atoms with van der Waals surface area (Å²) in [6.07, 6.45) is 15.6. The molecule has 0 aromatic rings. The van der Waals surface area contributed by atoms with Gasteiger partial charge in [-0.1, -0.05) is 51.7 Å². The highest BCUT2D eigenvalue weighted by Crippen LogP contribution is 2.35. The standard InChI is InChI=1S/C17H30O2/c1-3-5-7-9-13-17(15-18,12-6-4-2)16-11-8-10-14-19-16/h9,13,15-16H,3-8,10-12,14H2,1-2H3/b13-9+/t16-,17+/m0/s1. The molecule has 0 saturated carbocycles. The maximum absolute atomic E-state index is 11.8. The average molecular weight is 266 g/mol. The minimum atomic E-state index is -0.371. The van der Waals surface area contributed by atoms with E-state index in [4.69, 9.17) is 4.74 Å². The van der Waals surface area contributed by atoms with Gasteiger partial charge in [-0.25, -0.2) is 0 Å². The summed E-state index contributed by atoms with van der Waals surface area (Å²) in [6, 6.07) is 0. The molecule has 0 bridgehead atoms. The molecule has 0 aromatic carbocycles. The van der Waals surface area contributed by atoms with Crippen LogP contribution in [0.5, 0.6) is 0 Å². The van der Waals surface area contributed by atoms with Crippen molar-refractivity contribution in [2.45, 2.75) is 77.7 Å². The number of hydrogen-bond donors (Lipinski definition) is 0. The first-order valence-corrected chi connectivity index (χ1v) is 8.04. The van der Waals surface area contributed by atoms with Crippen molar-refractivity contribution in [2.24, 2.45) is 5.41 Å². The Labute approximate surface area is 118 Å². The zero-order valence-corrected chi connectivity index (χ0v) is 12.7. The van der Waals surface area contributed by atoms with Crippen molar-refractivity contribution in [3.05, 3.63) is 12.2 Å². The lowest BCUT2D eigenvalue weighted by Crippen LogP contribution is -2.39. The third kappa shape index (κ3) is 5.10. The van der Waals surface area contributed by atoms with E-state index in [-0.39, 0.29) is 11.5 Å². The summed E-state index contributed by atoms with van der Waals surface area (Å²) < 4.78 is 5.91. The van der Waals surface area contributed by atoms with Gasteiger partial charge in [-0.15, -0.1) is 0 Å². The summed E-state index contributed by atoms with van der Waals surface area (Å²) in [5.41, 5.74) is -0.371. The van der Waals surface area contributed by atoms with Crippen LogP contribution in [0.2, 0.25) is 0 Å². The quantitative estimate of drug-likeness (QED) is 0.344. The van der Waals surface area contributed by atoms with Crippen LogP contribution in [0.15, 0.2) is 12.2 Å². The fourth-order valence-electron chi connectivity index (χ4n) is 2.80. The van der Waals surface area contributed by atoms with E-state index in [0.717, 1.165) is 51.4 Å². The maximum Gasteiger partial charge on any atom is 0.132 e. The SMILES string of the molecule is CCCC/C=C/[C@@](C=O)(CCCC)[C@@H]1CCCCO1. The van der Waals surface area contributed by atoms with Crippen molar-refractivity contribution in [1.82, 2.24) is 0 Å². The van der Waals surface area contributed by atoms with E-state index < -0.39 is 0 Å². The molecule has 0 radical (unpaired) electrons. The normalized spacial score (nSPS) is 23.4. The summed E-state index contributed by atoms with van der Waals surface area (Å²) in [5.74, 6) is 0. The van der Waals surface area contributed by atoms with Gasteiger partial charge in [0, 0.05) is 6.61 Å². The summed E-state index contributed by atoms with van der Waals surface area (Å²) in [5, 5.41) is 0. The number of carbonyl (C=O) groups excluding carboxylic acids is 1.